The Morgan fingerprint density at radius 2 is 2.25 bits per heavy atom. The molecule has 1 aromatic heterocycles. The van der Waals surface area contributed by atoms with Crippen LogP contribution in [-0.4, -0.2) is 47.1 Å². The summed E-state index contributed by atoms with van der Waals surface area (Å²) in [5.74, 6) is 1.06. The van der Waals surface area contributed by atoms with Crippen LogP contribution in [0.1, 0.15) is 5.56 Å². The molecule has 2 rings (SSSR count). The third-order valence-corrected chi connectivity index (χ3v) is 8.40. The van der Waals surface area contributed by atoms with Gasteiger partial charge < -0.3 is 10.2 Å². The number of hydrogen-bond donors (Lipinski definition) is 1. The van der Waals surface area contributed by atoms with Crippen molar-refractivity contribution in [2.45, 2.75) is 26.2 Å². The normalized spacial score (nSPS) is 16.9. The number of hydrogen-bond acceptors (Lipinski definition) is 6. The first kappa shape index (κ1) is 19.1. The number of rotatable bonds is 7. The van der Waals surface area contributed by atoms with E-state index in [9.17, 15) is 10.1 Å². The minimum atomic E-state index is -1.22. The van der Waals surface area contributed by atoms with E-state index in [2.05, 4.69) is 29.9 Å². The molecule has 0 aromatic carbocycles. The van der Waals surface area contributed by atoms with Crippen molar-refractivity contribution in [3.05, 3.63) is 50.7 Å². The third kappa shape index (κ3) is 5.68. The largest absolute Gasteiger partial charge is 0.365 e. The maximum Gasteiger partial charge on any atom is 0.295 e. The van der Waals surface area contributed by atoms with Crippen LogP contribution in [0.2, 0.25) is 24.8 Å². The topological polar surface area (TPSA) is 71.3 Å². The lowest BCUT2D eigenvalue weighted by molar-refractivity contribution is -0.425. The van der Waals surface area contributed by atoms with Gasteiger partial charge in [-0.1, -0.05) is 37.3 Å². The summed E-state index contributed by atoms with van der Waals surface area (Å²) >= 11 is 7.47. The molecule has 0 saturated carbocycles. The van der Waals surface area contributed by atoms with Crippen molar-refractivity contribution in [2.75, 3.05) is 24.2 Å². The first-order chi connectivity index (χ1) is 11.3. The number of pyridine rings is 1. The van der Waals surface area contributed by atoms with Crippen LogP contribution in [0.25, 0.3) is 0 Å². The van der Waals surface area contributed by atoms with Gasteiger partial charge in [-0.25, -0.2) is 4.98 Å². The highest BCUT2D eigenvalue weighted by atomic mass is 35.5. The molecule has 2 heterocycles. The molecule has 1 aliphatic rings. The SMILES string of the molecule is C[Si](C)(C)CSCC(=C1NCCN1Cc1ccc(Cl)nc1)[N+](=O)[O-]. The van der Waals surface area contributed by atoms with E-state index in [1.165, 1.54) is 0 Å². The summed E-state index contributed by atoms with van der Waals surface area (Å²) in [6, 6.07) is 3.64. The smallest absolute Gasteiger partial charge is 0.295 e. The van der Waals surface area contributed by atoms with E-state index in [-0.39, 0.29) is 10.6 Å². The van der Waals surface area contributed by atoms with Gasteiger partial charge in [-0.2, -0.15) is 11.8 Å². The van der Waals surface area contributed by atoms with Crippen LogP contribution in [-0.2, 0) is 6.54 Å². The second kappa shape index (κ2) is 8.22. The van der Waals surface area contributed by atoms with Gasteiger partial charge in [-0.15, -0.1) is 0 Å². The van der Waals surface area contributed by atoms with Crippen LogP contribution in [0.15, 0.2) is 29.8 Å². The van der Waals surface area contributed by atoms with Gasteiger partial charge in [0.2, 0.25) is 0 Å². The predicted octanol–water partition coefficient (Wildman–Crippen LogP) is 3.20. The summed E-state index contributed by atoms with van der Waals surface area (Å²) in [4.78, 5) is 17.4. The fraction of sp³-hybridized carbons (Fsp3) is 0.533. The van der Waals surface area contributed by atoms with Gasteiger partial charge in [0.25, 0.3) is 5.70 Å². The molecule has 1 aliphatic heterocycles. The van der Waals surface area contributed by atoms with E-state index in [4.69, 9.17) is 11.6 Å². The number of thioether (sulfide) groups is 1. The Labute approximate surface area is 152 Å². The minimum Gasteiger partial charge on any atom is -0.365 e. The molecule has 0 bridgehead atoms. The van der Waals surface area contributed by atoms with Crippen LogP contribution in [0.5, 0.6) is 0 Å². The van der Waals surface area contributed by atoms with Crippen molar-refractivity contribution < 1.29 is 4.92 Å². The number of halogens is 1. The highest BCUT2D eigenvalue weighted by molar-refractivity contribution is 8.01. The molecule has 0 radical (unpaired) electrons. The van der Waals surface area contributed by atoms with Gasteiger partial charge in [-0.3, -0.25) is 10.1 Å². The zero-order valence-electron chi connectivity index (χ0n) is 14.2. The summed E-state index contributed by atoms with van der Waals surface area (Å²) in [7, 11) is -1.22. The zero-order valence-corrected chi connectivity index (χ0v) is 16.8. The fourth-order valence-corrected chi connectivity index (χ4v) is 5.76. The van der Waals surface area contributed by atoms with Gasteiger partial charge in [0.05, 0.1) is 18.8 Å². The molecular formula is C15H23ClN4O2SSi. The van der Waals surface area contributed by atoms with E-state index < -0.39 is 8.07 Å². The summed E-state index contributed by atoms with van der Waals surface area (Å²) in [6.07, 6.45) is 1.71. The Balaban J connectivity index is 2.11. The lowest BCUT2D eigenvalue weighted by Crippen LogP contribution is -2.27. The van der Waals surface area contributed by atoms with Gasteiger partial charge in [-0.05, 0) is 17.0 Å². The van der Waals surface area contributed by atoms with Crippen LogP contribution in [0, 0.1) is 10.1 Å². The molecule has 24 heavy (non-hydrogen) atoms. The van der Waals surface area contributed by atoms with Crippen LogP contribution < -0.4 is 5.32 Å². The van der Waals surface area contributed by atoms with Crippen molar-refractivity contribution >= 4 is 31.4 Å². The van der Waals surface area contributed by atoms with Crippen molar-refractivity contribution in [1.82, 2.24) is 15.2 Å². The molecule has 0 amide bonds. The number of aromatic nitrogens is 1. The Morgan fingerprint density at radius 3 is 2.83 bits per heavy atom. The molecular weight excluding hydrogens is 364 g/mol. The third-order valence-electron chi connectivity index (χ3n) is 3.42. The molecule has 1 saturated heterocycles. The Morgan fingerprint density at radius 1 is 1.50 bits per heavy atom. The molecule has 0 aliphatic carbocycles. The summed E-state index contributed by atoms with van der Waals surface area (Å²) in [5, 5.41) is 16.2. The monoisotopic (exact) mass is 386 g/mol. The summed E-state index contributed by atoms with van der Waals surface area (Å²) < 4.78 is 0. The minimum absolute atomic E-state index is 0.252. The Hall–Kier alpha value is -1.25. The van der Waals surface area contributed by atoms with E-state index in [0.717, 1.165) is 17.5 Å². The molecule has 132 valence electrons. The maximum absolute atomic E-state index is 11.5. The van der Waals surface area contributed by atoms with Crippen molar-refractivity contribution in [1.29, 1.82) is 0 Å². The average Bonchev–Trinajstić information content (AvgIpc) is 2.92. The molecule has 9 heteroatoms. The molecule has 0 unspecified atom stereocenters. The molecule has 1 N–H and O–H groups in total. The molecule has 6 nitrogen and oxygen atoms in total. The zero-order chi connectivity index (χ0) is 17.7. The number of nitrogens with zero attached hydrogens (tertiary/aromatic N) is 3. The lowest BCUT2D eigenvalue weighted by atomic mass is 10.2. The lowest BCUT2D eigenvalue weighted by Gasteiger charge is -2.19. The maximum atomic E-state index is 11.5. The quantitative estimate of drug-likeness (QED) is 0.336. The first-order valence-corrected chi connectivity index (χ1v) is 13.0. The second-order valence-electron chi connectivity index (χ2n) is 6.94. The second-order valence-corrected chi connectivity index (χ2v) is 14.3. The standard InChI is InChI=1S/C15H23ClN4O2SSi/c1-24(2,3)11-23-10-13(20(21)22)15-17-6-7-19(15)9-12-4-5-14(16)18-8-12/h4-5,8,17H,6-7,9-11H2,1-3H3. The first-order valence-electron chi connectivity index (χ1n) is 7.81. The van der Waals surface area contributed by atoms with Crippen LogP contribution in [0.4, 0.5) is 0 Å². The van der Waals surface area contributed by atoms with Gasteiger partial charge >= 0.3 is 0 Å². The van der Waals surface area contributed by atoms with Gasteiger partial charge in [0.1, 0.15) is 5.15 Å². The van der Waals surface area contributed by atoms with E-state index in [1.807, 2.05) is 11.0 Å². The molecule has 0 atom stereocenters. The number of nitro groups is 1. The highest BCUT2D eigenvalue weighted by Gasteiger charge is 2.28. The predicted molar refractivity (Wildman–Crippen MR) is 102 cm³/mol. The molecule has 1 fully saturated rings. The highest BCUT2D eigenvalue weighted by Crippen LogP contribution is 2.22. The van der Waals surface area contributed by atoms with Gasteiger partial charge in [0.15, 0.2) is 5.82 Å². The average molecular weight is 387 g/mol. The summed E-state index contributed by atoms with van der Waals surface area (Å²) in [5.41, 5.74) is 1.25. The molecule has 0 spiro atoms. The van der Waals surface area contributed by atoms with Gasteiger partial charge in [0, 0.05) is 25.8 Å². The van der Waals surface area contributed by atoms with E-state index in [1.54, 1.807) is 24.0 Å². The Kier molecular flexibility index (Phi) is 6.53. The summed E-state index contributed by atoms with van der Waals surface area (Å²) in [6.45, 7) is 8.86. The van der Waals surface area contributed by atoms with Crippen molar-refractivity contribution in [3.63, 3.8) is 0 Å². The molecule has 1 aromatic rings. The van der Waals surface area contributed by atoms with Crippen molar-refractivity contribution in [2.24, 2.45) is 0 Å². The van der Waals surface area contributed by atoms with E-state index in [0.29, 0.717) is 29.8 Å². The van der Waals surface area contributed by atoms with Crippen LogP contribution >= 0.6 is 23.4 Å². The Bertz CT molecular complexity index is 619. The van der Waals surface area contributed by atoms with Crippen molar-refractivity contribution in [3.8, 4) is 0 Å². The number of nitrogens with one attached hydrogen (secondary N) is 1. The van der Waals surface area contributed by atoms with E-state index >= 15 is 0 Å². The fourth-order valence-electron chi connectivity index (χ4n) is 2.36. The van der Waals surface area contributed by atoms with Crippen LogP contribution in [0.3, 0.4) is 0 Å².